The van der Waals surface area contributed by atoms with E-state index >= 15 is 0 Å². The van der Waals surface area contributed by atoms with Crippen LogP contribution in [0.1, 0.15) is 17.9 Å². The summed E-state index contributed by atoms with van der Waals surface area (Å²) in [5.74, 6) is -0.617. The van der Waals surface area contributed by atoms with Crippen LogP contribution in [0.25, 0.3) is 0 Å². The highest BCUT2D eigenvalue weighted by Crippen LogP contribution is 2.28. The number of nitrogens with one attached hydrogen (secondary N) is 1. The molecule has 1 unspecified atom stereocenters. The topological polar surface area (TPSA) is 66.5 Å². The van der Waals surface area contributed by atoms with E-state index in [0.717, 1.165) is 11.3 Å². The Morgan fingerprint density at radius 1 is 1.29 bits per heavy atom. The maximum absolute atomic E-state index is 13.8. The normalized spacial score (nSPS) is 18.0. The van der Waals surface area contributed by atoms with Gasteiger partial charge in [-0.2, -0.15) is 0 Å². The molecule has 3 rings (SSSR count). The molecule has 128 valence electrons. The first kappa shape index (κ1) is 17.1. The third-order valence-corrected chi connectivity index (χ3v) is 6.86. The van der Waals surface area contributed by atoms with E-state index < -0.39 is 10.0 Å². The number of hydrogen-bond donors (Lipinski definition) is 1. The number of hydrogen-bond acceptors (Lipinski definition) is 4. The molecule has 1 N–H and O–H groups in total. The molecule has 0 spiro atoms. The van der Waals surface area contributed by atoms with E-state index in [4.69, 9.17) is 0 Å². The van der Waals surface area contributed by atoms with Crippen LogP contribution in [-0.4, -0.2) is 38.9 Å². The van der Waals surface area contributed by atoms with Gasteiger partial charge in [-0.3, -0.25) is 4.79 Å². The van der Waals surface area contributed by atoms with Crippen molar-refractivity contribution in [2.24, 2.45) is 0 Å². The van der Waals surface area contributed by atoms with Gasteiger partial charge >= 0.3 is 0 Å². The van der Waals surface area contributed by atoms with Gasteiger partial charge in [0, 0.05) is 19.0 Å². The fraction of sp³-hybridized carbons (Fsp3) is 0.312. The molecule has 2 aromatic rings. The van der Waals surface area contributed by atoms with E-state index in [1.54, 1.807) is 34.5 Å². The molecular formula is C16H17FN2O3S2. The van der Waals surface area contributed by atoms with Gasteiger partial charge in [-0.05, 0) is 29.5 Å². The van der Waals surface area contributed by atoms with E-state index in [9.17, 15) is 17.6 Å². The van der Waals surface area contributed by atoms with E-state index in [1.165, 1.54) is 12.1 Å². The lowest BCUT2D eigenvalue weighted by atomic mass is 9.98. The third kappa shape index (κ3) is 3.66. The SMILES string of the molecule is O=C(CNS(=O)(=O)c1cccs1)N1CCC(c2ccccc2F)C1. The van der Waals surface area contributed by atoms with Gasteiger partial charge in [0.05, 0.1) is 6.54 Å². The summed E-state index contributed by atoms with van der Waals surface area (Å²) in [5, 5.41) is 1.66. The smallest absolute Gasteiger partial charge is 0.250 e. The molecule has 1 amide bonds. The Morgan fingerprint density at radius 3 is 2.79 bits per heavy atom. The summed E-state index contributed by atoms with van der Waals surface area (Å²) in [5.41, 5.74) is 0.604. The zero-order chi connectivity index (χ0) is 17.2. The van der Waals surface area contributed by atoms with Crippen LogP contribution in [0.5, 0.6) is 0 Å². The highest BCUT2D eigenvalue weighted by molar-refractivity contribution is 7.91. The van der Waals surface area contributed by atoms with E-state index in [0.29, 0.717) is 25.1 Å². The molecule has 0 radical (unpaired) electrons. The molecule has 24 heavy (non-hydrogen) atoms. The van der Waals surface area contributed by atoms with Crippen LogP contribution in [0.3, 0.4) is 0 Å². The van der Waals surface area contributed by atoms with Crippen molar-refractivity contribution in [1.29, 1.82) is 0 Å². The second kappa shape index (κ2) is 7.00. The number of halogens is 1. The fourth-order valence-corrected chi connectivity index (χ4v) is 4.81. The highest BCUT2D eigenvalue weighted by atomic mass is 32.2. The summed E-state index contributed by atoms with van der Waals surface area (Å²) < 4.78 is 40.4. The van der Waals surface area contributed by atoms with E-state index in [-0.39, 0.29) is 28.4 Å². The number of likely N-dealkylation sites (tertiary alicyclic amines) is 1. The van der Waals surface area contributed by atoms with E-state index in [2.05, 4.69) is 4.72 Å². The predicted octanol–water partition coefficient (Wildman–Crippen LogP) is 2.18. The van der Waals surface area contributed by atoms with Crippen LogP contribution >= 0.6 is 11.3 Å². The first-order valence-corrected chi connectivity index (χ1v) is 9.89. The molecule has 1 aromatic heterocycles. The van der Waals surface area contributed by atoms with Gasteiger partial charge in [-0.25, -0.2) is 17.5 Å². The monoisotopic (exact) mass is 368 g/mol. The van der Waals surface area contributed by atoms with Crippen LogP contribution < -0.4 is 4.72 Å². The molecule has 1 aliphatic rings. The van der Waals surface area contributed by atoms with Gasteiger partial charge in [-0.1, -0.05) is 24.3 Å². The Hall–Kier alpha value is -1.77. The lowest BCUT2D eigenvalue weighted by Crippen LogP contribution is -2.38. The number of benzene rings is 1. The Balaban J connectivity index is 1.58. The number of nitrogens with zero attached hydrogens (tertiary/aromatic N) is 1. The van der Waals surface area contributed by atoms with E-state index in [1.807, 2.05) is 0 Å². The fourth-order valence-electron chi connectivity index (χ4n) is 2.80. The molecule has 1 fully saturated rings. The molecule has 0 aliphatic carbocycles. The minimum absolute atomic E-state index is 0.0518. The minimum atomic E-state index is -3.65. The van der Waals surface area contributed by atoms with Gasteiger partial charge in [0.2, 0.25) is 5.91 Å². The van der Waals surface area contributed by atoms with Crippen molar-refractivity contribution in [2.45, 2.75) is 16.5 Å². The number of sulfonamides is 1. The molecule has 1 aliphatic heterocycles. The number of carbonyl (C=O) groups excluding carboxylic acids is 1. The lowest BCUT2D eigenvalue weighted by molar-refractivity contribution is -0.128. The zero-order valence-electron chi connectivity index (χ0n) is 12.8. The van der Waals surface area contributed by atoms with Crippen LogP contribution in [0.2, 0.25) is 0 Å². The van der Waals surface area contributed by atoms with Gasteiger partial charge in [-0.15, -0.1) is 11.3 Å². The molecule has 0 saturated carbocycles. The van der Waals surface area contributed by atoms with Gasteiger partial charge in [0.15, 0.2) is 0 Å². The number of thiophene rings is 1. The standard InChI is InChI=1S/C16H17FN2O3S2/c17-14-5-2-1-4-13(14)12-7-8-19(11-12)15(20)10-18-24(21,22)16-6-3-9-23-16/h1-6,9,12,18H,7-8,10-11H2. The molecule has 2 heterocycles. The molecule has 1 atom stereocenters. The summed E-state index contributed by atoms with van der Waals surface area (Å²) in [6.07, 6.45) is 0.671. The summed E-state index contributed by atoms with van der Waals surface area (Å²) >= 11 is 1.10. The highest BCUT2D eigenvalue weighted by Gasteiger charge is 2.29. The largest absolute Gasteiger partial charge is 0.341 e. The summed E-state index contributed by atoms with van der Waals surface area (Å²) in [4.78, 5) is 13.8. The predicted molar refractivity (Wildman–Crippen MR) is 89.8 cm³/mol. The third-order valence-electron chi connectivity index (χ3n) is 4.06. The molecule has 1 saturated heterocycles. The Labute approximate surface area is 144 Å². The summed E-state index contributed by atoms with van der Waals surface area (Å²) in [6, 6.07) is 9.68. The second-order valence-corrected chi connectivity index (χ2v) is 8.54. The maximum Gasteiger partial charge on any atom is 0.250 e. The summed E-state index contributed by atoms with van der Waals surface area (Å²) in [6.45, 7) is 0.614. The van der Waals surface area contributed by atoms with Gasteiger partial charge < -0.3 is 4.90 Å². The quantitative estimate of drug-likeness (QED) is 0.880. The lowest BCUT2D eigenvalue weighted by Gasteiger charge is -2.17. The van der Waals surface area contributed by atoms with Crippen LogP contribution in [0.15, 0.2) is 46.0 Å². The van der Waals surface area contributed by atoms with Gasteiger partial charge in [0.1, 0.15) is 10.0 Å². The van der Waals surface area contributed by atoms with Crippen LogP contribution in [0.4, 0.5) is 4.39 Å². The molecule has 1 aromatic carbocycles. The van der Waals surface area contributed by atoms with Crippen LogP contribution in [0, 0.1) is 5.82 Å². The first-order chi connectivity index (χ1) is 11.5. The van der Waals surface area contributed by atoms with Crippen molar-refractivity contribution in [3.63, 3.8) is 0 Å². The zero-order valence-corrected chi connectivity index (χ0v) is 14.4. The molecule has 0 bridgehead atoms. The van der Waals surface area contributed by atoms with Crippen molar-refractivity contribution < 1.29 is 17.6 Å². The summed E-state index contributed by atoms with van der Waals surface area (Å²) in [7, 11) is -3.65. The average Bonchev–Trinajstić information content (AvgIpc) is 3.25. The Morgan fingerprint density at radius 2 is 2.08 bits per heavy atom. The number of carbonyl (C=O) groups is 1. The number of rotatable bonds is 5. The maximum atomic E-state index is 13.8. The molecule has 5 nitrogen and oxygen atoms in total. The van der Waals surface area contributed by atoms with Crippen molar-refractivity contribution >= 4 is 27.3 Å². The van der Waals surface area contributed by atoms with Gasteiger partial charge in [0.25, 0.3) is 10.0 Å². The van der Waals surface area contributed by atoms with Crippen molar-refractivity contribution in [1.82, 2.24) is 9.62 Å². The molecule has 8 heteroatoms. The van der Waals surface area contributed by atoms with Crippen molar-refractivity contribution in [2.75, 3.05) is 19.6 Å². The average molecular weight is 368 g/mol. The Bertz CT molecular complexity index is 822. The van der Waals surface area contributed by atoms with Crippen molar-refractivity contribution in [3.8, 4) is 0 Å². The minimum Gasteiger partial charge on any atom is -0.341 e. The Kier molecular flexibility index (Phi) is 4.98. The number of amides is 1. The van der Waals surface area contributed by atoms with Crippen molar-refractivity contribution in [3.05, 3.63) is 53.2 Å². The molecular weight excluding hydrogens is 351 g/mol. The van der Waals surface area contributed by atoms with Crippen LogP contribution in [-0.2, 0) is 14.8 Å². The second-order valence-electron chi connectivity index (χ2n) is 5.60. The first-order valence-electron chi connectivity index (χ1n) is 7.53.